The Morgan fingerprint density at radius 3 is 2.37 bits per heavy atom. The predicted molar refractivity (Wildman–Crippen MR) is 110 cm³/mol. The first-order valence-electron chi connectivity index (χ1n) is 9.30. The van der Waals surface area contributed by atoms with Crippen LogP contribution in [0.4, 0.5) is 4.39 Å². The van der Waals surface area contributed by atoms with Crippen LogP contribution in [0.5, 0.6) is 5.75 Å². The molecule has 1 heterocycles. The normalized spacial score (nSPS) is 15.3. The van der Waals surface area contributed by atoms with E-state index < -0.39 is 0 Å². The minimum absolute atomic E-state index is 0.229. The highest BCUT2D eigenvalue weighted by Gasteiger charge is 2.23. The molecule has 0 aliphatic carbocycles. The van der Waals surface area contributed by atoms with Gasteiger partial charge in [-0.15, -0.1) is 0 Å². The van der Waals surface area contributed by atoms with E-state index in [-0.39, 0.29) is 11.9 Å². The SMILES string of the molecule is COc1ccc([C@@H](CNC(=S)NCc2ccc(F)cc2)N2CCCC2)cc1. The highest BCUT2D eigenvalue weighted by molar-refractivity contribution is 7.80. The van der Waals surface area contributed by atoms with Crippen LogP contribution in [0.1, 0.15) is 30.0 Å². The summed E-state index contributed by atoms with van der Waals surface area (Å²) in [6.45, 7) is 3.52. The molecule has 1 atom stereocenters. The molecule has 1 aliphatic heterocycles. The minimum Gasteiger partial charge on any atom is -0.497 e. The molecule has 27 heavy (non-hydrogen) atoms. The first kappa shape index (κ1) is 19.6. The Balaban J connectivity index is 1.56. The van der Waals surface area contributed by atoms with Crippen molar-refractivity contribution in [1.82, 2.24) is 15.5 Å². The Bertz CT molecular complexity index is 730. The van der Waals surface area contributed by atoms with E-state index >= 15 is 0 Å². The third kappa shape index (κ3) is 5.65. The van der Waals surface area contributed by atoms with Crippen molar-refractivity contribution in [3.05, 3.63) is 65.5 Å². The number of methoxy groups -OCH3 is 1. The molecule has 1 saturated heterocycles. The van der Waals surface area contributed by atoms with Crippen molar-refractivity contribution >= 4 is 17.3 Å². The molecule has 0 amide bonds. The summed E-state index contributed by atoms with van der Waals surface area (Å²) >= 11 is 5.43. The van der Waals surface area contributed by atoms with Gasteiger partial charge in [0, 0.05) is 13.1 Å². The number of rotatable bonds is 7. The second-order valence-electron chi connectivity index (χ2n) is 6.72. The Labute approximate surface area is 165 Å². The maximum atomic E-state index is 13.0. The summed E-state index contributed by atoms with van der Waals surface area (Å²) in [4.78, 5) is 2.50. The molecule has 0 aromatic heterocycles. The third-order valence-electron chi connectivity index (χ3n) is 4.90. The summed E-state index contributed by atoms with van der Waals surface area (Å²) < 4.78 is 18.3. The molecule has 3 rings (SSSR count). The molecule has 1 aliphatic rings. The number of nitrogens with one attached hydrogen (secondary N) is 2. The molecule has 0 unspecified atom stereocenters. The minimum atomic E-state index is -0.229. The zero-order chi connectivity index (χ0) is 19.1. The predicted octanol–water partition coefficient (Wildman–Crippen LogP) is 3.64. The molecule has 0 radical (unpaired) electrons. The van der Waals surface area contributed by atoms with Gasteiger partial charge >= 0.3 is 0 Å². The van der Waals surface area contributed by atoms with E-state index in [9.17, 15) is 4.39 Å². The fourth-order valence-electron chi connectivity index (χ4n) is 3.37. The Kier molecular flexibility index (Phi) is 7.01. The lowest BCUT2D eigenvalue weighted by Crippen LogP contribution is -2.41. The van der Waals surface area contributed by atoms with Crippen LogP contribution < -0.4 is 15.4 Å². The molecule has 2 N–H and O–H groups in total. The van der Waals surface area contributed by atoms with Gasteiger partial charge in [-0.25, -0.2) is 4.39 Å². The maximum Gasteiger partial charge on any atom is 0.166 e. The van der Waals surface area contributed by atoms with Crippen molar-refractivity contribution in [3.8, 4) is 5.75 Å². The zero-order valence-corrected chi connectivity index (χ0v) is 16.4. The molecule has 4 nitrogen and oxygen atoms in total. The van der Waals surface area contributed by atoms with Crippen LogP contribution in [0.3, 0.4) is 0 Å². The molecular formula is C21H26FN3OS. The fraction of sp³-hybridized carbons (Fsp3) is 0.381. The van der Waals surface area contributed by atoms with Crippen LogP contribution >= 0.6 is 12.2 Å². The van der Waals surface area contributed by atoms with Crippen LogP contribution in [0.15, 0.2) is 48.5 Å². The summed E-state index contributed by atoms with van der Waals surface area (Å²) in [5.74, 6) is 0.635. The van der Waals surface area contributed by atoms with E-state index in [0.29, 0.717) is 11.7 Å². The van der Waals surface area contributed by atoms with Gasteiger partial charge in [0.25, 0.3) is 0 Å². The van der Waals surface area contributed by atoms with Crippen molar-refractivity contribution in [1.29, 1.82) is 0 Å². The summed E-state index contributed by atoms with van der Waals surface area (Å²) in [6, 6.07) is 15.0. The summed E-state index contributed by atoms with van der Waals surface area (Å²) in [5.41, 5.74) is 2.25. The second kappa shape index (κ2) is 9.67. The molecule has 0 bridgehead atoms. The first-order chi connectivity index (χ1) is 13.2. The quantitative estimate of drug-likeness (QED) is 0.710. The van der Waals surface area contributed by atoms with Crippen molar-refractivity contribution in [3.63, 3.8) is 0 Å². The molecule has 6 heteroatoms. The van der Waals surface area contributed by atoms with Gasteiger partial charge in [0.2, 0.25) is 0 Å². The number of likely N-dealkylation sites (tertiary alicyclic amines) is 1. The zero-order valence-electron chi connectivity index (χ0n) is 15.6. The number of halogens is 1. The molecule has 1 fully saturated rings. The van der Waals surface area contributed by atoms with Crippen molar-refractivity contribution in [2.45, 2.75) is 25.4 Å². The van der Waals surface area contributed by atoms with Gasteiger partial charge < -0.3 is 15.4 Å². The number of nitrogens with zero attached hydrogens (tertiary/aromatic N) is 1. The van der Waals surface area contributed by atoms with Crippen LogP contribution in [-0.4, -0.2) is 36.8 Å². The third-order valence-corrected chi connectivity index (χ3v) is 5.19. The largest absolute Gasteiger partial charge is 0.497 e. The van der Waals surface area contributed by atoms with E-state index in [1.165, 1.54) is 30.5 Å². The van der Waals surface area contributed by atoms with Gasteiger partial charge in [0.1, 0.15) is 11.6 Å². The highest BCUT2D eigenvalue weighted by Crippen LogP contribution is 2.26. The lowest BCUT2D eigenvalue weighted by molar-refractivity contribution is 0.245. The second-order valence-corrected chi connectivity index (χ2v) is 7.13. The lowest BCUT2D eigenvalue weighted by Gasteiger charge is -2.29. The van der Waals surface area contributed by atoms with Crippen molar-refractivity contribution in [2.75, 3.05) is 26.7 Å². The van der Waals surface area contributed by atoms with Crippen molar-refractivity contribution < 1.29 is 9.13 Å². The monoisotopic (exact) mass is 387 g/mol. The van der Waals surface area contributed by atoms with Crippen LogP contribution in [0, 0.1) is 5.82 Å². The topological polar surface area (TPSA) is 36.5 Å². The first-order valence-corrected chi connectivity index (χ1v) is 9.70. The van der Waals surface area contributed by atoms with Gasteiger partial charge in [-0.3, -0.25) is 4.90 Å². The van der Waals surface area contributed by atoms with E-state index in [0.717, 1.165) is 30.9 Å². The van der Waals surface area contributed by atoms with E-state index in [1.54, 1.807) is 19.2 Å². The summed E-state index contributed by atoms with van der Waals surface area (Å²) in [7, 11) is 1.68. The Hall–Kier alpha value is -2.18. The summed E-state index contributed by atoms with van der Waals surface area (Å²) in [6.07, 6.45) is 2.47. The van der Waals surface area contributed by atoms with Gasteiger partial charge in [-0.2, -0.15) is 0 Å². The standard InChI is InChI=1S/C21H26FN3OS/c1-26-19-10-6-17(7-11-19)20(25-12-2-3-13-25)15-24-21(27)23-14-16-4-8-18(22)9-5-16/h4-11,20H,2-3,12-15H2,1H3,(H2,23,24,27)/t20-/m1/s1. The number of hydrogen-bond donors (Lipinski definition) is 2. The molecule has 0 saturated carbocycles. The van der Waals surface area contributed by atoms with Crippen LogP contribution in [-0.2, 0) is 6.54 Å². The van der Waals surface area contributed by atoms with Gasteiger partial charge in [0.15, 0.2) is 5.11 Å². The number of ether oxygens (including phenoxy) is 1. The fourth-order valence-corrected chi connectivity index (χ4v) is 3.53. The average Bonchev–Trinajstić information content (AvgIpc) is 3.23. The number of benzene rings is 2. The molecule has 0 spiro atoms. The maximum absolute atomic E-state index is 13.0. The number of hydrogen-bond acceptors (Lipinski definition) is 3. The van der Waals surface area contributed by atoms with Crippen LogP contribution in [0.25, 0.3) is 0 Å². The molecular weight excluding hydrogens is 361 g/mol. The van der Waals surface area contributed by atoms with Crippen molar-refractivity contribution in [2.24, 2.45) is 0 Å². The van der Waals surface area contributed by atoms with Gasteiger partial charge in [-0.05, 0) is 73.5 Å². The molecule has 2 aromatic rings. The van der Waals surface area contributed by atoms with E-state index in [4.69, 9.17) is 17.0 Å². The summed E-state index contributed by atoms with van der Waals surface area (Å²) in [5, 5.41) is 7.14. The Morgan fingerprint density at radius 1 is 1.07 bits per heavy atom. The highest BCUT2D eigenvalue weighted by atomic mass is 32.1. The molecule has 2 aromatic carbocycles. The van der Waals surface area contributed by atoms with E-state index in [2.05, 4.69) is 27.7 Å². The Morgan fingerprint density at radius 2 is 1.74 bits per heavy atom. The smallest absolute Gasteiger partial charge is 0.166 e. The number of thiocarbonyl (C=S) groups is 1. The van der Waals surface area contributed by atoms with Gasteiger partial charge in [0.05, 0.1) is 13.2 Å². The lowest BCUT2D eigenvalue weighted by atomic mass is 10.1. The van der Waals surface area contributed by atoms with Gasteiger partial charge in [-0.1, -0.05) is 24.3 Å². The van der Waals surface area contributed by atoms with E-state index in [1.807, 2.05) is 12.1 Å². The average molecular weight is 388 g/mol. The van der Waals surface area contributed by atoms with Crippen LogP contribution in [0.2, 0.25) is 0 Å². The molecule has 144 valence electrons.